The molecular formula is C17H29N3O2S. The van der Waals surface area contributed by atoms with Crippen molar-refractivity contribution in [3.8, 4) is 0 Å². The summed E-state index contributed by atoms with van der Waals surface area (Å²) in [5.74, 6) is 0.626. The number of thiazole rings is 1. The molecule has 1 atom stereocenters. The van der Waals surface area contributed by atoms with Gasteiger partial charge in [-0.05, 0) is 53.5 Å². The van der Waals surface area contributed by atoms with Gasteiger partial charge in [-0.25, -0.2) is 9.78 Å². The topological polar surface area (TPSA) is 45.7 Å². The van der Waals surface area contributed by atoms with Crippen LogP contribution in [0.3, 0.4) is 0 Å². The molecule has 0 aliphatic carbocycles. The summed E-state index contributed by atoms with van der Waals surface area (Å²) in [7, 11) is 2.16. The standard InChI is InChI=1S/C17H29N3O2S/c1-13(15-18-8-11-23-15)19(5)12-14-6-9-20(10-7-14)16(21)22-17(2,3)4/h8,11,13-14H,6-7,9-10,12H2,1-5H3/t13-/m1/s1. The smallest absolute Gasteiger partial charge is 0.410 e. The summed E-state index contributed by atoms with van der Waals surface area (Å²) in [6.45, 7) is 10.6. The summed E-state index contributed by atoms with van der Waals surface area (Å²) < 4.78 is 5.45. The number of hydrogen-bond acceptors (Lipinski definition) is 5. The number of carbonyl (C=O) groups is 1. The Balaban J connectivity index is 1.77. The summed E-state index contributed by atoms with van der Waals surface area (Å²) >= 11 is 1.71. The predicted octanol–water partition coefficient (Wildman–Crippen LogP) is 3.78. The first-order valence-electron chi connectivity index (χ1n) is 8.34. The molecule has 6 heteroatoms. The third kappa shape index (κ3) is 5.46. The first-order valence-corrected chi connectivity index (χ1v) is 9.22. The summed E-state index contributed by atoms with van der Waals surface area (Å²) in [6, 6.07) is 0.346. The van der Waals surface area contributed by atoms with Gasteiger partial charge in [-0.15, -0.1) is 11.3 Å². The number of carbonyl (C=O) groups excluding carboxylic acids is 1. The second kappa shape index (κ2) is 7.62. The molecule has 1 aromatic heterocycles. The van der Waals surface area contributed by atoms with Crippen molar-refractivity contribution in [3.05, 3.63) is 16.6 Å². The second-order valence-corrected chi connectivity index (χ2v) is 8.32. The van der Waals surface area contributed by atoms with Crippen LogP contribution in [0.25, 0.3) is 0 Å². The van der Waals surface area contributed by atoms with Gasteiger partial charge in [0.15, 0.2) is 0 Å². The quantitative estimate of drug-likeness (QED) is 0.837. The van der Waals surface area contributed by atoms with Crippen molar-refractivity contribution in [2.45, 2.75) is 52.2 Å². The van der Waals surface area contributed by atoms with Gasteiger partial charge in [-0.1, -0.05) is 0 Å². The Morgan fingerprint density at radius 3 is 2.65 bits per heavy atom. The molecule has 0 N–H and O–H groups in total. The minimum absolute atomic E-state index is 0.180. The van der Waals surface area contributed by atoms with E-state index in [1.54, 1.807) is 11.3 Å². The molecular weight excluding hydrogens is 310 g/mol. The largest absolute Gasteiger partial charge is 0.444 e. The zero-order chi connectivity index (χ0) is 17.0. The number of likely N-dealkylation sites (tertiary alicyclic amines) is 1. The molecule has 0 unspecified atom stereocenters. The van der Waals surface area contributed by atoms with E-state index >= 15 is 0 Å². The maximum absolute atomic E-state index is 12.1. The average molecular weight is 340 g/mol. The van der Waals surface area contributed by atoms with Crippen molar-refractivity contribution in [1.82, 2.24) is 14.8 Å². The number of rotatable bonds is 4. The minimum Gasteiger partial charge on any atom is -0.444 e. The maximum atomic E-state index is 12.1. The number of hydrogen-bond donors (Lipinski definition) is 0. The Morgan fingerprint density at radius 2 is 2.13 bits per heavy atom. The van der Waals surface area contributed by atoms with E-state index in [1.165, 1.54) is 5.01 Å². The van der Waals surface area contributed by atoms with Crippen LogP contribution in [0.15, 0.2) is 11.6 Å². The highest BCUT2D eigenvalue weighted by molar-refractivity contribution is 7.09. The van der Waals surface area contributed by atoms with E-state index in [0.717, 1.165) is 32.5 Å². The molecule has 1 amide bonds. The summed E-state index contributed by atoms with van der Waals surface area (Å²) in [4.78, 5) is 20.7. The monoisotopic (exact) mass is 339 g/mol. The van der Waals surface area contributed by atoms with E-state index in [9.17, 15) is 4.79 Å². The van der Waals surface area contributed by atoms with Crippen molar-refractivity contribution in [1.29, 1.82) is 0 Å². The molecule has 0 saturated carbocycles. The van der Waals surface area contributed by atoms with Gasteiger partial charge >= 0.3 is 6.09 Å². The van der Waals surface area contributed by atoms with E-state index in [2.05, 4.69) is 23.9 Å². The molecule has 2 rings (SSSR count). The van der Waals surface area contributed by atoms with Gasteiger partial charge in [0.2, 0.25) is 0 Å². The third-order valence-electron chi connectivity index (χ3n) is 4.28. The van der Waals surface area contributed by atoms with E-state index in [-0.39, 0.29) is 6.09 Å². The molecule has 1 fully saturated rings. The molecule has 5 nitrogen and oxygen atoms in total. The molecule has 0 radical (unpaired) electrons. The fourth-order valence-corrected chi connectivity index (χ4v) is 3.58. The van der Waals surface area contributed by atoms with Gasteiger partial charge in [-0.3, -0.25) is 4.90 Å². The van der Waals surface area contributed by atoms with E-state index in [0.29, 0.717) is 12.0 Å². The molecule has 23 heavy (non-hydrogen) atoms. The van der Waals surface area contributed by atoms with Crippen LogP contribution in [0.2, 0.25) is 0 Å². The van der Waals surface area contributed by atoms with Crippen molar-refractivity contribution in [2.24, 2.45) is 5.92 Å². The van der Waals surface area contributed by atoms with Gasteiger partial charge in [0.25, 0.3) is 0 Å². The number of amides is 1. The van der Waals surface area contributed by atoms with Gasteiger partial charge in [0.1, 0.15) is 10.6 Å². The zero-order valence-corrected chi connectivity index (χ0v) is 15.7. The molecule has 0 spiro atoms. The fraction of sp³-hybridized carbons (Fsp3) is 0.765. The minimum atomic E-state index is -0.419. The van der Waals surface area contributed by atoms with Crippen molar-refractivity contribution < 1.29 is 9.53 Å². The Labute approximate surface area is 143 Å². The number of aromatic nitrogens is 1. The molecule has 1 aromatic rings. The van der Waals surface area contributed by atoms with E-state index < -0.39 is 5.60 Å². The number of nitrogens with zero attached hydrogens (tertiary/aromatic N) is 3. The SMILES string of the molecule is C[C@H](c1nccs1)N(C)CC1CCN(C(=O)OC(C)(C)C)CC1. The van der Waals surface area contributed by atoms with Crippen molar-refractivity contribution >= 4 is 17.4 Å². The van der Waals surface area contributed by atoms with Crippen molar-refractivity contribution in [2.75, 3.05) is 26.7 Å². The van der Waals surface area contributed by atoms with Gasteiger partial charge < -0.3 is 9.64 Å². The second-order valence-electron chi connectivity index (χ2n) is 7.40. The first kappa shape index (κ1) is 18.2. The van der Waals surface area contributed by atoms with E-state index in [4.69, 9.17) is 4.74 Å². The first-order chi connectivity index (χ1) is 10.8. The molecule has 0 bridgehead atoms. The molecule has 0 aromatic carbocycles. The normalized spacial score (nSPS) is 18.3. The van der Waals surface area contributed by atoms with Crippen LogP contribution < -0.4 is 0 Å². The van der Waals surface area contributed by atoms with Crippen LogP contribution in [0.5, 0.6) is 0 Å². The molecule has 1 aliphatic rings. The van der Waals surface area contributed by atoms with Crippen LogP contribution in [0.4, 0.5) is 4.79 Å². The maximum Gasteiger partial charge on any atom is 0.410 e. The van der Waals surface area contributed by atoms with Crippen LogP contribution in [0, 0.1) is 5.92 Å². The van der Waals surface area contributed by atoms with Gasteiger partial charge in [0, 0.05) is 31.2 Å². The molecule has 1 aliphatic heterocycles. The Bertz CT molecular complexity index is 490. The highest BCUT2D eigenvalue weighted by atomic mass is 32.1. The summed E-state index contributed by atoms with van der Waals surface area (Å²) in [6.07, 6.45) is 3.76. The lowest BCUT2D eigenvalue weighted by molar-refractivity contribution is 0.0168. The predicted molar refractivity (Wildman–Crippen MR) is 93.7 cm³/mol. The molecule has 1 saturated heterocycles. The molecule has 130 valence electrons. The van der Waals surface area contributed by atoms with Crippen LogP contribution in [-0.2, 0) is 4.74 Å². The number of ether oxygens (including phenoxy) is 1. The Morgan fingerprint density at radius 1 is 1.48 bits per heavy atom. The number of piperidine rings is 1. The van der Waals surface area contributed by atoms with Gasteiger partial charge in [0.05, 0.1) is 6.04 Å². The van der Waals surface area contributed by atoms with Crippen LogP contribution in [-0.4, -0.2) is 53.2 Å². The van der Waals surface area contributed by atoms with Crippen LogP contribution >= 0.6 is 11.3 Å². The Hall–Kier alpha value is -1.14. The van der Waals surface area contributed by atoms with E-state index in [1.807, 2.05) is 37.2 Å². The lowest BCUT2D eigenvalue weighted by atomic mass is 9.96. The zero-order valence-electron chi connectivity index (χ0n) is 14.9. The lowest BCUT2D eigenvalue weighted by Gasteiger charge is -2.35. The lowest BCUT2D eigenvalue weighted by Crippen LogP contribution is -2.43. The highest BCUT2D eigenvalue weighted by Crippen LogP contribution is 2.25. The third-order valence-corrected chi connectivity index (χ3v) is 5.23. The average Bonchev–Trinajstić information content (AvgIpc) is 2.99. The fourth-order valence-electron chi connectivity index (χ4n) is 2.82. The van der Waals surface area contributed by atoms with Crippen LogP contribution in [0.1, 0.15) is 51.6 Å². The highest BCUT2D eigenvalue weighted by Gasteiger charge is 2.28. The molecule has 2 heterocycles. The van der Waals surface area contributed by atoms with Crippen molar-refractivity contribution in [3.63, 3.8) is 0 Å². The van der Waals surface area contributed by atoms with Gasteiger partial charge in [-0.2, -0.15) is 0 Å². The summed E-state index contributed by atoms with van der Waals surface area (Å²) in [5.41, 5.74) is -0.419. The Kier molecular flexibility index (Phi) is 6.03. The summed E-state index contributed by atoms with van der Waals surface area (Å²) in [5, 5.41) is 3.19.